The predicted molar refractivity (Wildman–Crippen MR) is 50.7 cm³/mol. The van der Waals surface area contributed by atoms with Gasteiger partial charge in [-0.05, 0) is 35.0 Å². The van der Waals surface area contributed by atoms with Crippen molar-refractivity contribution in [3.63, 3.8) is 0 Å². The summed E-state index contributed by atoms with van der Waals surface area (Å²) in [6.45, 7) is 1.36. The van der Waals surface area contributed by atoms with Crippen molar-refractivity contribution in [2.24, 2.45) is 0 Å². The smallest absolute Gasteiger partial charge is 0.163 e. The van der Waals surface area contributed by atoms with Crippen molar-refractivity contribution in [1.29, 1.82) is 0 Å². The normalized spacial score (nSPS) is 9.85. The van der Waals surface area contributed by atoms with Gasteiger partial charge < -0.3 is 4.74 Å². The van der Waals surface area contributed by atoms with Gasteiger partial charge in [0.05, 0.1) is 17.1 Å². The molecular weight excluding hydrogens is 239 g/mol. The zero-order valence-corrected chi connectivity index (χ0v) is 8.81. The SMILES string of the molecule is COc1c(Br)cc(F)cc1C(C)=O. The molecule has 0 atom stereocenters. The van der Waals surface area contributed by atoms with E-state index in [2.05, 4.69) is 15.9 Å². The molecule has 0 aliphatic rings. The molecule has 0 aromatic heterocycles. The Kier molecular flexibility index (Phi) is 3.03. The van der Waals surface area contributed by atoms with E-state index in [0.29, 0.717) is 10.2 Å². The lowest BCUT2D eigenvalue weighted by Gasteiger charge is -2.07. The summed E-state index contributed by atoms with van der Waals surface area (Å²) >= 11 is 3.11. The van der Waals surface area contributed by atoms with Crippen molar-refractivity contribution < 1.29 is 13.9 Å². The highest BCUT2D eigenvalue weighted by Crippen LogP contribution is 2.30. The van der Waals surface area contributed by atoms with Crippen LogP contribution in [0.1, 0.15) is 17.3 Å². The molecule has 1 rings (SSSR count). The Labute approximate surface area is 83.8 Å². The summed E-state index contributed by atoms with van der Waals surface area (Å²) in [6.07, 6.45) is 0. The Morgan fingerprint density at radius 2 is 2.15 bits per heavy atom. The molecule has 0 spiro atoms. The van der Waals surface area contributed by atoms with Crippen LogP contribution in [-0.2, 0) is 0 Å². The standard InChI is InChI=1S/C9H8BrFO2/c1-5(12)7-3-6(11)4-8(10)9(7)13-2/h3-4H,1-2H3. The summed E-state index contributed by atoms with van der Waals surface area (Å²) in [6, 6.07) is 2.41. The van der Waals surface area contributed by atoms with Gasteiger partial charge in [-0.25, -0.2) is 4.39 Å². The van der Waals surface area contributed by atoms with Crippen LogP contribution in [0.2, 0.25) is 0 Å². The van der Waals surface area contributed by atoms with Crippen LogP contribution in [0.3, 0.4) is 0 Å². The molecule has 0 aliphatic carbocycles. The van der Waals surface area contributed by atoms with Crippen molar-refractivity contribution in [3.8, 4) is 5.75 Å². The minimum absolute atomic E-state index is 0.225. The van der Waals surface area contributed by atoms with Crippen molar-refractivity contribution in [1.82, 2.24) is 0 Å². The van der Waals surface area contributed by atoms with Gasteiger partial charge in [0.2, 0.25) is 0 Å². The molecule has 4 heteroatoms. The van der Waals surface area contributed by atoms with Gasteiger partial charge in [0, 0.05) is 0 Å². The van der Waals surface area contributed by atoms with Gasteiger partial charge in [0.25, 0.3) is 0 Å². The van der Waals surface area contributed by atoms with Gasteiger partial charge in [-0.2, -0.15) is 0 Å². The van der Waals surface area contributed by atoms with Gasteiger partial charge in [-0.3, -0.25) is 4.79 Å². The minimum Gasteiger partial charge on any atom is -0.495 e. The van der Waals surface area contributed by atoms with E-state index >= 15 is 0 Å². The quantitative estimate of drug-likeness (QED) is 0.751. The maximum atomic E-state index is 12.9. The van der Waals surface area contributed by atoms with Crippen LogP contribution in [0.4, 0.5) is 4.39 Å². The molecule has 2 nitrogen and oxygen atoms in total. The number of ether oxygens (including phenoxy) is 1. The number of rotatable bonds is 2. The van der Waals surface area contributed by atoms with Gasteiger partial charge in [-0.15, -0.1) is 0 Å². The van der Waals surface area contributed by atoms with E-state index in [-0.39, 0.29) is 11.3 Å². The lowest BCUT2D eigenvalue weighted by Crippen LogP contribution is -1.99. The molecule has 0 saturated heterocycles. The second-order valence-electron chi connectivity index (χ2n) is 2.52. The number of methoxy groups -OCH3 is 1. The van der Waals surface area contributed by atoms with E-state index in [0.717, 1.165) is 6.07 Å². The van der Waals surface area contributed by atoms with Crippen LogP contribution in [-0.4, -0.2) is 12.9 Å². The summed E-state index contributed by atoms with van der Waals surface area (Å²) < 4.78 is 18.3. The number of carbonyl (C=O) groups is 1. The Balaban J connectivity index is 3.38. The van der Waals surface area contributed by atoms with E-state index in [1.165, 1.54) is 20.1 Å². The number of hydrogen-bond acceptors (Lipinski definition) is 2. The number of halogens is 2. The molecule has 70 valence electrons. The Hall–Kier alpha value is -0.900. The summed E-state index contributed by atoms with van der Waals surface area (Å²) in [4.78, 5) is 11.1. The number of hydrogen-bond donors (Lipinski definition) is 0. The Bertz CT molecular complexity index is 350. The summed E-state index contributed by atoms with van der Waals surface area (Å²) in [5, 5.41) is 0. The fourth-order valence-corrected chi connectivity index (χ4v) is 1.62. The Morgan fingerprint density at radius 1 is 1.54 bits per heavy atom. The second-order valence-corrected chi connectivity index (χ2v) is 3.38. The molecule has 1 aromatic rings. The molecular formula is C9H8BrFO2. The third-order valence-corrected chi connectivity index (χ3v) is 2.18. The van der Waals surface area contributed by atoms with Crippen molar-refractivity contribution in [3.05, 3.63) is 28.0 Å². The van der Waals surface area contributed by atoms with Gasteiger partial charge in [-0.1, -0.05) is 0 Å². The van der Waals surface area contributed by atoms with E-state index in [1.807, 2.05) is 0 Å². The summed E-state index contributed by atoms with van der Waals surface area (Å²) in [5.41, 5.74) is 0.245. The van der Waals surface area contributed by atoms with Crippen LogP contribution in [0.5, 0.6) is 5.75 Å². The first-order valence-corrected chi connectivity index (χ1v) is 4.39. The average Bonchev–Trinajstić information content (AvgIpc) is 2.02. The fraction of sp³-hybridized carbons (Fsp3) is 0.222. The van der Waals surface area contributed by atoms with Gasteiger partial charge in [0.15, 0.2) is 5.78 Å². The van der Waals surface area contributed by atoms with Crippen molar-refractivity contribution >= 4 is 21.7 Å². The maximum absolute atomic E-state index is 12.9. The average molecular weight is 247 g/mol. The first-order chi connectivity index (χ1) is 6.06. The zero-order valence-electron chi connectivity index (χ0n) is 7.23. The highest BCUT2D eigenvalue weighted by molar-refractivity contribution is 9.10. The van der Waals surface area contributed by atoms with Crippen LogP contribution >= 0.6 is 15.9 Å². The van der Waals surface area contributed by atoms with Crippen LogP contribution in [0.25, 0.3) is 0 Å². The van der Waals surface area contributed by atoms with Crippen LogP contribution in [0, 0.1) is 5.82 Å². The zero-order chi connectivity index (χ0) is 10.0. The molecule has 0 amide bonds. The molecule has 0 saturated carbocycles. The number of Topliss-reactive ketones (excluding diaryl/α,β-unsaturated/α-hetero) is 1. The minimum atomic E-state index is -0.460. The lowest BCUT2D eigenvalue weighted by atomic mass is 10.1. The highest BCUT2D eigenvalue weighted by atomic mass is 79.9. The van der Waals surface area contributed by atoms with Gasteiger partial charge >= 0.3 is 0 Å². The van der Waals surface area contributed by atoms with Crippen LogP contribution in [0.15, 0.2) is 16.6 Å². The molecule has 0 radical (unpaired) electrons. The third kappa shape index (κ3) is 2.06. The largest absolute Gasteiger partial charge is 0.495 e. The first-order valence-electron chi connectivity index (χ1n) is 3.60. The van der Waals surface area contributed by atoms with Gasteiger partial charge in [0.1, 0.15) is 11.6 Å². The summed E-state index contributed by atoms with van der Waals surface area (Å²) in [5.74, 6) is -0.316. The molecule has 0 heterocycles. The predicted octanol–water partition coefficient (Wildman–Crippen LogP) is 2.80. The molecule has 0 aliphatic heterocycles. The molecule has 0 unspecified atom stereocenters. The number of carbonyl (C=O) groups excluding carboxylic acids is 1. The van der Waals surface area contributed by atoms with E-state index in [9.17, 15) is 9.18 Å². The topological polar surface area (TPSA) is 26.3 Å². The molecule has 0 N–H and O–H groups in total. The molecule has 13 heavy (non-hydrogen) atoms. The van der Waals surface area contributed by atoms with E-state index < -0.39 is 5.82 Å². The maximum Gasteiger partial charge on any atom is 0.163 e. The highest BCUT2D eigenvalue weighted by Gasteiger charge is 2.13. The van der Waals surface area contributed by atoms with E-state index in [1.54, 1.807) is 0 Å². The van der Waals surface area contributed by atoms with E-state index in [4.69, 9.17) is 4.74 Å². The lowest BCUT2D eigenvalue weighted by molar-refractivity contribution is 0.101. The summed E-state index contributed by atoms with van der Waals surface area (Å²) in [7, 11) is 1.43. The number of benzene rings is 1. The number of ketones is 1. The third-order valence-electron chi connectivity index (χ3n) is 1.59. The van der Waals surface area contributed by atoms with Crippen molar-refractivity contribution in [2.45, 2.75) is 6.92 Å². The fourth-order valence-electron chi connectivity index (χ4n) is 1.03. The second kappa shape index (κ2) is 3.87. The monoisotopic (exact) mass is 246 g/mol. The molecule has 0 fully saturated rings. The Morgan fingerprint density at radius 3 is 2.62 bits per heavy atom. The molecule has 1 aromatic carbocycles. The van der Waals surface area contributed by atoms with Crippen LogP contribution < -0.4 is 4.74 Å². The van der Waals surface area contributed by atoms with Crippen molar-refractivity contribution in [2.75, 3.05) is 7.11 Å². The molecule has 0 bridgehead atoms. The first kappa shape index (κ1) is 10.2.